The SMILES string of the molecule is CC1(C)N=C(N)N=C(N)N1c1cccc(CCCCc2c(Cl)cccc2Cl)c1.CCS(=O)(=O)O. The Labute approximate surface area is 211 Å². The fourth-order valence-corrected chi connectivity index (χ4v) is 4.09. The maximum absolute atomic E-state index is 9.56. The van der Waals surface area contributed by atoms with Crippen molar-refractivity contribution in [3.8, 4) is 0 Å². The van der Waals surface area contributed by atoms with Gasteiger partial charge in [-0.05, 0) is 81.8 Å². The van der Waals surface area contributed by atoms with Crippen molar-refractivity contribution in [2.45, 2.75) is 52.1 Å². The Morgan fingerprint density at radius 1 is 1.03 bits per heavy atom. The van der Waals surface area contributed by atoms with Crippen LogP contribution in [0.5, 0.6) is 0 Å². The zero-order chi connectivity index (χ0) is 25.5. The minimum atomic E-state index is -3.66. The van der Waals surface area contributed by atoms with E-state index in [4.69, 9.17) is 39.2 Å². The number of rotatable bonds is 7. The molecule has 2 aromatic carbocycles. The minimum Gasteiger partial charge on any atom is -0.369 e. The van der Waals surface area contributed by atoms with Gasteiger partial charge in [0.2, 0.25) is 11.9 Å². The van der Waals surface area contributed by atoms with Gasteiger partial charge in [0, 0.05) is 15.7 Å². The molecule has 0 saturated heterocycles. The van der Waals surface area contributed by atoms with E-state index in [0.29, 0.717) is 5.96 Å². The van der Waals surface area contributed by atoms with Crippen molar-refractivity contribution in [3.63, 3.8) is 0 Å². The normalized spacial score (nSPS) is 15.2. The molecule has 1 aliphatic heterocycles. The van der Waals surface area contributed by atoms with E-state index in [2.05, 4.69) is 22.1 Å². The third-order valence-electron chi connectivity index (χ3n) is 5.13. The lowest BCUT2D eigenvalue weighted by Gasteiger charge is -2.38. The highest BCUT2D eigenvalue weighted by molar-refractivity contribution is 7.85. The van der Waals surface area contributed by atoms with Gasteiger partial charge in [-0.15, -0.1) is 0 Å². The first-order valence-corrected chi connectivity index (χ1v) is 13.2. The molecular formula is C23H31Cl2N5O3S. The van der Waals surface area contributed by atoms with E-state index in [9.17, 15) is 8.42 Å². The van der Waals surface area contributed by atoms with Crippen molar-refractivity contribution >= 4 is 50.9 Å². The van der Waals surface area contributed by atoms with Crippen LogP contribution in [0.4, 0.5) is 5.69 Å². The van der Waals surface area contributed by atoms with E-state index >= 15 is 0 Å². The smallest absolute Gasteiger partial charge is 0.264 e. The first-order chi connectivity index (χ1) is 15.8. The molecule has 0 saturated carbocycles. The van der Waals surface area contributed by atoms with Gasteiger partial charge in [0.1, 0.15) is 5.66 Å². The van der Waals surface area contributed by atoms with Crippen LogP contribution >= 0.6 is 23.2 Å². The van der Waals surface area contributed by atoms with Gasteiger partial charge >= 0.3 is 0 Å². The minimum absolute atomic E-state index is 0.201. The van der Waals surface area contributed by atoms with Crippen LogP contribution in [0.25, 0.3) is 0 Å². The van der Waals surface area contributed by atoms with E-state index in [1.54, 1.807) is 0 Å². The first kappa shape index (κ1) is 27.9. The quantitative estimate of drug-likeness (QED) is 0.354. The molecule has 2 aromatic rings. The Balaban J connectivity index is 0.000000604. The van der Waals surface area contributed by atoms with Gasteiger partial charge in [0.25, 0.3) is 10.1 Å². The second kappa shape index (κ2) is 11.9. The number of nitrogens with two attached hydrogens (primary N) is 2. The van der Waals surface area contributed by atoms with Gasteiger partial charge in [0.15, 0.2) is 0 Å². The lowest BCUT2D eigenvalue weighted by Crippen LogP contribution is -2.54. The monoisotopic (exact) mass is 527 g/mol. The molecule has 1 heterocycles. The highest BCUT2D eigenvalue weighted by Gasteiger charge is 2.32. The van der Waals surface area contributed by atoms with Gasteiger partial charge in [-0.3, -0.25) is 9.45 Å². The standard InChI is InChI=1S/C21H25Cl2N5.C2H6O3S/c1-21(2)27-19(24)26-20(25)28(21)15-9-5-8-14(13-15)7-3-4-10-16-17(22)11-6-12-18(16)23;1-2-6(3,4)5/h5-6,8-9,11-13H,3-4,7,10H2,1-2H3,(H4,24,25,26,27);2H2,1H3,(H,3,4,5). The molecule has 0 aromatic heterocycles. The predicted molar refractivity (Wildman–Crippen MR) is 141 cm³/mol. The molecule has 0 atom stereocenters. The molecule has 0 fully saturated rings. The van der Waals surface area contributed by atoms with E-state index in [-0.39, 0.29) is 11.7 Å². The highest BCUT2D eigenvalue weighted by Crippen LogP contribution is 2.29. The Kier molecular flexibility index (Phi) is 9.75. The van der Waals surface area contributed by atoms with E-state index in [1.807, 2.05) is 49.1 Å². The van der Waals surface area contributed by atoms with Crippen LogP contribution in [0.3, 0.4) is 0 Å². The molecule has 3 rings (SSSR count). The number of guanidine groups is 2. The molecular weight excluding hydrogens is 497 g/mol. The van der Waals surface area contributed by atoms with Crippen molar-refractivity contribution in [3.05, 3.63) is 63.6 Å². The number of anilines is 1. The van der Waals surface area contributed by atoms with Crippen molar-refractivity contribution in [1.82, 2.24) is 0 Å². The number of halogens is 2. The summed E-state index contributed by atoms with van der Waals surface area (Å²) in [5, 5.41) is 1.47. The van der Waals surface area contributed by atoms with E-state index in [0.717, 1.165) is 47.0 Å². The van der Waals surface area contributed by atoms with Gasteiger partial charge < -0.3 is 11.5 Å². The average Bonchev–Trinajstić information content (AvgIpc) is 2.72. The third-order valence-corrected chi connectivity index (χ3v) is 6.57. The molecule has 5 N–H and O–H groups in total. The number of unbranched alkanes of at least 4 members (excludes halogenated alkanes) is 1. The molecule has 1 aliphatic rings. The highest BCUT2D eigenvalue weighted by atomic mass is 35.5. The Hall–Kier alpha value is -2.33. The van der Waals surface area contributed by atoms with Crippen LogP contribution in [0.1, 0.15) is 44.7 Å². The van der Waals surface area contributed by atoms with E-state index in [1.165, 1.54) is 12.5 Å². The van der Waals surface area contributed by atoms with Gasteiger partial charge in [-0.25, -0.2) is 4.99 Å². The summed E-state index contributed by atoms with van der Waals surface area (Å²) in [6.07, 6.45) is 3.86. The number of hydrogen-bond donors (Lipinski definition) is 3. The van der Waals surface area contributed by atoms with Crippen LogP contribution in [-0.4, -0.2) is 36.3 Å². The second-order valence-electron chi connectivity index (χ2n) is 8.22. The second-order valence-corrected chi connectivity index (χ2v) is 10.8. The first-order valence-electron chi connectivity index (χ1n) is 10.8. The largest absolute Gasteiger partial charge is 0.369 e. The number of aryl methyl sites for hydroxylation is 1. The molecule has 34 heavy (non-hydrogen) atoms. The number of nitrogens with zero attached hydrogens (tertiary/aromatic N) is 3. The number of aliphatic imine (C=N–C) groups is 2. The Bertz CT molecular complexity index is 1150. The maximum atomic E-state index is 9.56. The lowest BCUT2D eigenvalue weighted by molar-refractivity contribution is 0.484. The van der Waals surface area contributed by atoms with Crippen molar-refractivity contribution in [2.75, 3.05) is 10.7 Å². The molecule has 0 aliphatic carbocycles. The van der Waals surface area contributed by atoms with Crippen LogP contribution < -0.4 is 16.4 Å². The molecule has 0 bridgehead atoms. The van der Waals surface area contributed by atoms with Crippen molar-refractivity contribution in [1.29, 1.82) is 0 Å². The van der Waals surface area contributed by atoms with Crippen LogP contribution in [0, 0.1) is 0 Å². The van der Waals surface area contributed by atoms with Crippen LogP contribution in [-0.2, 0) is 23.0 Å². The fraction of sp³-hybridized carbons (Fsp3) is 0.391. The zero-order valence-corrected chi connectivity index (χ0v) is 21.8. The summed E-state index contributed by atoms with van der Waals surface area (Å²) < 4.78 is 26.9. The number of hydrogen-bond acceptors (Lipinski definition) is 7. The molecule has 0 amide bonds. The van der Waals surface area contributed by atoms with Crippen LogP contribution in [0.15, 0.2) is 52.4 Å². The lowest BCUT2D eigenvalue weighted by atomic mass is 10.0. The Morgan fingerprint density at radius 3 is 2.15 bits per heavy atom. The Morgan fingerprint density at radius 2 is 1.59 bits per heavy atom. The molecule has 186 valence electrons. The summed E-state index contributed by atoms with van der Waals surface area (Å²) in [5.41, 5.74) is 14.5. The van der Waals surface area contributed by atoms with Crippen molar-refractivity contribution < 1.29 is 13.0 Å². The van der Waals surface area contributed by atoms with Gasteiger partial charge in [0.05, 0.1) is 5.75 Å². The van der Waals surface area contributed by atoms with Crippen molar-refractivity contribution in [2.24, 2.45) is 21.5 Å². The number of benzene rings is 2. The summed E-state index contributed by atoms with van der Waals surface area (Å²) in [5.74, 6) is 0.351. The maximum Gasteiger partial charge on any atom is 0.264 e. The summed E-state index contributed by atoms with van der Waals surface area (Å²) in [6, 6.07) is 13.9. The summed E-state index contributed by atoms with van der Waals surface area (Å²) in [4.78, 5) is 10.4. The summed E-state index contributed by atoms with van der Waals surface area (Å²) >= 11 is 12.5. The predicted octanol–water partition coefficient (Wildman–Crippen LogP) is 4.64. The fourth-order valence-electron chi connectivity index (χ4n) is 3.50. The van der Waals surface area contributed by atoms with Crippen LogP contribution in [0.2, 0.25) is 10.0 Å². The summed E-state index contributed by atoms with van der Waals surface area (Å²) in [7, 11) is -3.66. The summed E-state index contributed by atoms with van der Waals surface area (Å²) in [6.45, 7) is 5.29. The van der Waals surface area contributed by atoms with Gasteiger partial charge in [-0.1, -0.05) is 41.4 Å². The third kappa shape index (κ3) is 8.16. The molecule has 11 heteroatoms. The molecule has 0 unspecified atom stereocenters. The molecule has 0 spiro atoms. The average molecular weight is 529 g/mol. The molecule has 8 nitrogen and oxygen atoms in total. The van der Waals surface area contributed by atoms with Gasteiger partial charge in [-0.2, -0.15) is 13.4 Å². The van der Waals surface area contributed by atoms with E-state index < -0.39 is 15.8 Å². The topological polar surface area (TPSA) is 134 Å². The zero-order valence-electron chi connectivity index (χ0n) is 19.5. The molecule has 0 radical (unpaired) electrons.